The second-order valence-corrected chi connectivity index (χ2v) is 9.04. The fourth-order valence-electron chi connectivity index (χ4n) is 3.55. The van der Waals surface area contributed by atoms with Gasteiger partial charge in [-0.25, -0.2) is 0 Å². The summed E-state index contributed by atoms with van der Waals surface area (Å²) in [5.41, 5.74) is -1.90. The number of aromatic nitrogens is 2. The van der Waals surface area contributed by atoms with Gasteiger partial charge in [0.05, 0.1) is 45.4 Å². The predicted octanol–water partition coefficient (Wildman–Crippen LogP) is 3.87. The summed E-state index contributed by atoms with van der Waals surface area (Å²) in [6.07, 6.45) is -8.41. The lowest BCUT2D eigenvalue weighted by Gasteiger charge is -2.34. The molecule has 0 bridgehead atoms. The molecule has 15 heteroatoms. The van der Waals surface area contributed by atoms with E-state index >= 15 is 0 Å². The fraction of sp³-hybridized carbons (Fsp3) is 0.455. The minimum Gasteiger partial charge on any atom is -0.354 e. The van der Waals surface area contributed by atoms with Gasteiger partial charge in [-0.3, -0.25) is 24.5 Å². The van der Waals surface area contributed by atoms with Crippen molar-refractivity contribution in [2.24, 2.45) is 0 Å². The van der Waals surface area contributed by atoms with Gasteiger partial charge in [-0.2, -0.15) is 26.3 Å². The van der Waals surface area contributed by atoms with Crippen LogP contribution in [-0.4, -0.2) is 70.9 Å². The van der Waals surface area contributed by atoms with Crippen molar-refractivity contribution >= 4 is 35.0 Å². The van der Waals surface area contributed by atoms with Gasteiger partial charge in [-0.05, 0) is 12.1 Å². The van der Waals surface area contributed by atoms with E-state index < -0.39 is 29.4 Å². The maximum absolute atomic E-state index is 12.7. The van der Waals surface area contributed by atoms with E-state index in [1.807, 2.05) is 4.90 Å². The third-order valence-electron chi connectivity index (χ3n) is 5.61. The van der Waals surface area contributed by atoms with E-state index in [1.54, 1.807) is 4.90 Å². The van der Waals surface area contributed by atoms with Crippen LogP contribution in [0.2, 0.25) is 10.0 Å². The Balaban J connectivity index is 1.40. The molecular weight excluding hydrogens is 551 g/mol. The molecule has 3 rings (SSSR count). The highest BCUT2D eigenvalue weighted by Gasteiger charge is 2.33. The maximum Gasteiger partial charge on any atom is 0.417 e. The smallest absolute Gasteiger partial charge is 0.354 e. The molecule has 2 amide bonds. The van der Waals surface area contributed by atoms with E-state index in [-0.39, 0.29) is 46.7 Å². The number of piperazine rings is 1. The minimum absolute atomic E-state index is 0.0296. The SMILES string of the molecule is O=C(Cc1ncc(C(F)(F)F)cc1Cl)NCCN1CCN(C(=O)Cc2ncc(C(F)(F)F)cc2Cl)CC1. The van der Waals surface area contributed by atoms with E-state index in [0.717, 1.165) is 12.1 Å². The first-order valence-electron chi connectivity index (χ1n) is 10.9. The number of rotatable bonds is 7. The average Bonchev–Trinajstić information content (AvgIpc) is 2.80. The van der Waals surface area contributed by atoms with Crippen LogP contribution in [0.3, 0.4) is 0 Å². The number of nitrogens with one attached hydrogen (secondary N) is 1. The number of amides is 2. The molecule has 0 unspecified atom stereocenters. The summed E-state index contributed by atoms with van der Waals surface area (Å²) in [6, 6.07) is 1.46. The third-order valence-corrected chi connectivity index (χ3v) is 6.27. The Hall–Kier alpha value is -2.64. The summed E-state index contributed by atoms with van der Waals surface area (Å²) in [7, 11) is 0. The van der Waals surface area contributed by atoms with Gasteiger partial charge < -0.3 is 10.2 Å². The number of nitrogens with zero attached hydrogens (tertiary/aromatic N) is 4. The molecule has 0 aromatic carbocycles. The van der Waals surface area contributed by atoms with Crippen molar-refractivity contribution < 1.29 is 35.9 Å². The molecule has 0 aliphatic carbocycles. The lowest BCUT2D eigenvalue weighted by molar-refractivity contribution is -0.138. The van der Waals surface area contributed by atoms with Crippen LogP contribution in [0.25, 0.3) is 0 Å². The van der Waals surface area contributed by atoms with Crippen molar-refractivity contribution in [3.8, 4) is 0 Å². The Morgan fingerprint density at radius 3 is 1.78 bits per heavy atom. The highest BCUT2D eigenvalue weighted by Crippen LogP contribution is 2.32. The molecule has 7 nitrogen and oxygen atoms in total. The molecule has 2 aromatic rings. The van der Waals surface area contributed by atoms with Crippen molar-refractivity contribution in [3.05, 3.63) is 57.1 Å². The van der Waals surface area contributed by atoms with Crippen molar-refractivity contribution in [2.45, 2.75) is 25.2 Å². The normalized spacial score (nSPS) is 15.1. The third kappa shape index (κ3) is 8.17. The Morgan fingerprint density at radius 1 is 0.838 bits per heavy atom. The topological polar surface area (TPSA) is 78.4 Å². The van der Waals surface area contributed by atoms with E-state index in [1.165, 1.54) is 0 Å². The van der Waals surface area contributed by atoms with Gasteiger partial charge in [-0.15, -0.1) is 0 Å². The van der Waals surface area contributed by atoms with Crippen LogP contribution in [0.1, 0.15) is 22.5 Å². The predicted molar refractivity (Wildman–Crippen MR) is 122 cm³/mol. The molecule has 0 radical (unpaired) electrons. The maximum atomic E-state index is 12.7. The first-order valence-corrected chi connectivity index (χ1v) is 11.7. The number of hydrogen-bond donors (Lipinski definition) is 1. The summed E-state index contributed by atoms with van der Waals surface area (Å²) < 4.78 is 76.3. The zero-order valence-corrected chi connectivity index (χ0v) is 20.6. The first kappa shape index (κ1) is 28.9. The summed E-state index contributed by atoms with van der Waals surface area (Å²) in [5.74, 6) is -0.771. The Kier molecular flexibility index (Phi) is 9.24. The minimum atomic E-state index is -4.59. The van der Waals surface area contributed by atoms with Gasteiger partial charge >= 0.3 is 12.4 Å². The molecule has 2 aromatic heterocycles. The number of alkyl halides is 6. The van der Waals surface area contributed by atoms with Crippen molar-refractivity contribution in [1.29, 1.82) is 0 Å². The Morgan fingerprint density at radius 2 is 1.32 bits per heavy atom. The average molecular weight is 572 g/mol. The van der Waals surface area contributed by atoms with E-state index in [0.29, 0.717) is 45.1 Å². The first-order chi connectivity index (χ1) is 17.2. The Bertz CT molecular complexity index is 1130. The lowest BCUT2D eigenvalue weighted by Crippen LogP contribution is -2.50. The fourth-order valence-corrected chi connectivity index (χ4v) is 4.01. The molecule has 1 aliphatic heterocycles. The molecule has 1 fully saturated rings. The van der Waals surface area contributed by atoms with E-state index in [4.69, 9.17) is 23.2 Å². The van der Waals surface area contributed by atoms with E-state index in [2.05, 4.69) is 15.3 Å². The molecule has 202 valence electrons. The van der Waals surface area contributed by atoms with Crippen molar-refractivity contribution in [1.82, 2.24) is 25.1 Å². The molecule has 1 saturated heterocycles. The number of pyridine rings is 2. The second kappa shape index (κ2) is 11.8. The summed E-state index contributed by atoms with van der Waals surface area (Å²) in [5, 5.41) is 2.17. The number of halogens is 8. The van der Waals surface area contributed by atoms with Crippen molar-refractivity contribution in [2.75, 3.05) is 39.3 Å². The van der Waals surface area contributed by atoms with Gasteiger partial charge in [-0.1, -0.05) is 23.2 Å². The summed E-state index contributed by atoms with van der Waals surface area (Å²) >= 11 is 11.7. The van der Waals surface area contributed by atoms with Crippen LogP contribution < -0.4 is 5.32 Å². The van der Waals surface area contributed by atoms with Crippen LogP contribution >= 0.6 is 23.2 Å². The van der Waals surface area contributed by atoms with Gasteiger partial charge in [0.15, 0.2) is 0 Å². The van der Waals surface area contributed by atoms with Gasteiger partial charge in [0.25, 0.3) is 0 Å². The zero-order valence-electron chi connectivity index (χ0n) is 19.1. The largest absolute Gasteiger partial charge is 0.417 e. The number of hydrogen-bond acceptors (Lipinski definition) is 5. The second-order valence-electron chi connectivity index (χ2n) is 8.23. The summed E-state index contributed by atoms with van der Waals surface area (Å²) in [6.45, 7) is 2.47. The lowest BCUT2D eigenvalue weighted by atomic mass is 10.2. The highest BCUT2D eigenvalue weighted by atomic mass is 35.5. The summed E-state index contributed by atoms with van der Waals surface area (Å²) in [4.78, 5) is 35.5. The molecule has 0 saturated carbocycles. The zero-order chi connectivity index (χ0) is 27.4. The monoisotopic (exact) mass is 571 g/mol. The number of carbonyl (C=O) groups is 2. The van der Waals surface area contributed by atoms with Gasteiger partial charge in [0.2, 0.25) is 11.8 Å². The van der Waals surface area contributed by atoms with Crippen LogP contribution in [0, 0.1) is 0 Å². The van der Waals surface area contributed by atoms with Gasteiger partial charge in [0.1, 0.15) is 0 Å². The quantitative estimate of drug-likeness (QED) is 0.510. The van der Waals surface area contributed by atoms with Crippen LogP contribution in [0.5, 0.6) is 0 Å². The van der Waals surface area contributed by atoms with Crippen LogP contribution in [0.4, 0.5) is 26.3 Å². The van der Waals surface area contributed by atoms with E-state index in [9.17, 15) is 35.9 Å². The van der Waals surface area contributed by atoms with Gasteiger partial charge in [0, 0.05) is 51.7 Å². The molecule has 1 aliphatic rings. The molecule has 0 atom stereocenters. The highest BCUT2D eigenvalue weighted by molar-refractivity contribution is 6.31. The van der Waals surface area contributed by atoms with Crippen molar-refractivity contribution in [3.63, 3.8) is 0 Å². The molecule has 1 N–H and O–H groups in total. The molecule has 0 spiro atoms. The molecular formula is C22H21Cl2F6N5O2. The van der Waals surface area contributed by atoms with Crippen LogP contribution in [-0.2, 0) is 34.8 Å². The molecule has 37 heavy (non-hydrogen) atoms. The van der Waals surface area contributed by atoms with Crippen LogP contribution in [0.15, 0.2) is 24.5 Å². The molecule has 3 heterocycles. The Labute approximate surface area is 217 Å². The number of carbonyl (C=O) groups excluding carboxylic acids is 2. The standard InChI is InChI=1S/C22H21Cl2F6N5O2/c23-15-7-13(21(25,26)27)11-32-17(15)9-19(36)31-1-2-34-3-5-35(6-4-34)20(37)10-18-16(24)8-14(12-33-18)22(28,29)30/h7-8,11-12H,1-6,9-10H2,(H,31,36).